The fourth-order valence-electron chi connectivity index (χ4n) is 2.72. The van der Waals surface area contributed by atoms with Gasteiger partial charge in [0.2, 0.25) is 0 Å². The van der Waals surface area contributed by atoms with Gasteiger partial charge in [-0.2, -0.15) is 8.78 Å². The van der Waals surface area contributed by atoms with E-state index in [9.17, 15) is 8.78 Å². The van der Waals surface area contributed by atoms with E-state index in [0.29, 0.717) is 28.3 Å². The number of hydrogen-bond donors (Lipinski definition) is 3. The lowest BCUT2D eigenvalue weighted by Gasteiger charge is -2.18. The topological polar surface area (TPSA) is 45.3 Å². The molecule has 0 saturated carbocycles. The van der Waals surface area contributed by atoms with Crippen molar-refractivity contribution in [2.24, 2.45) is 0 Å². The van der Waals surface area contributed by atoms with Crippen molar-refractivity contribution in [2.45, 2.75) is 13.2 Å². The van der Waals surface area contributed by atoms with Crippen LogP contribution in [0.1, 0.15) is 11.1 Å². The number of fused-ring (bicyclic) bond motifs is 1. The standard InChI is InChI=1S/C21H19F2N3OS/c1-14(25-26-21(28)24-13-15-7-3-2-4-8-15)17-12-11-16-9-5-6-10-18(16)19(17)27-20(22)23/h2-12,20,25H,1,13H2,(H2,24,26,28). The van der Waals surface area contributed by atoms with Crippen LogP contribution in [0.25, 0.3) is 16.5 Å². The fraction of sp³-hybridized carbons (Fsp3) is 0.0952. The van der Waals surface area contributed by atoms with Gasteiger partial charge >= 0.3 is 6.61 Å². The molecule has 28 heavy (non-hydrogen) atoms. The molecule has 3 aromatic rings. The van der Waals surface area contributed by atoms with Crippen LogP contribution in [-0.2, 0) is 6.54 Å². The Morgan fingerprint density at radius 2 is 1.68 bits per heavy atom. The zero-order chi connectivity index (χ0) is 19.9. The summed E-state index contributed by atoms with van der Waals surface area (Å²) in [5.74, 6) is 0.0653. The van der Waals surface area contributed by atoms with Crippen LogP contribution < -0.4 is 20.9 Å². The number of ether oxygens (including phenoxy) is 1. The predicted molar refractivity (Wildman–Crippen MR) is 112 cm³/mol. The first-order chi connectivity index (χ1) is 13.5. The summed E-state index contributed by atoms with van der Waals surface area (Å²) in [4.78, 5) is 0. The summed E-state index contributed by atoms with van der Waals surface area (Å²) >= 11 is 5.22. The second-order valence-corrected chi connectivity index (χ2v) is 6.35. The van der Waals surface area contributed by atoms with E-state index in [1.54, 1.807) is 18.2 Å². The van der Waals surface area contributed by atoms with Gasteiger partial charge in [0, 0.05) is 17.5 Å². The van der Waals surface area contributed by atoms with Crippen molar-refractivity contribution in [3.05, 3.63) is 84.4 Å². The van der Waals surface area contributed by atoms with Crippen LogP contribution in [0.3, 0.4) is 0 Å². The third-order valence-corrected chi connectivity index (χ3v) is 4.28. The first kappa shape index (κ1) is 19.6. The first-order valence-corrected chi connectivity index (χ1v) is 8.95. The highest BCUT2D eigenvalue weighted by atomic mass is 32.1. The Morgan fingerprint density at radius 1 is 0.964 bits per heavy atom. The molecule has 0 unspecified atom stereocenters. The summed E-state index contributed by atoms with van der Waals surface area (Å²) in [5, 5.41) is 4.77. The number of alkyl halides is 2. The van der Waals surface area contributed by atoms with Crippen LogP contribution in [0.5, 0.6) is 5.75 Å². The third-order valence-electron chi connectivity index (χ3n) is 4.03. The maximum Gasteiger partial charge on any atom is 0.387 e. The van der Waals surface area contributed by atoms with Crippen molar-refractivity contribution in [1.82, 2.24) is 16.2 Å². The molecule has 0 heterocycles. The van der Waals surface area contributed by atoms with E-state index >= 15 is 0 Å². The highest BCUT2D eigenvalue weighted by Gasteiger charge is 2.15. The van der Waals surface area contributed by atoms with Gasteiger partial charge in [-0.25, -0.2) is 0 Å². The lowest BCUT2D eigenvalue weighted by atomic mass is 10.0. The largest absolute Gasteiger partial charge is 0.433 e. The zero-order valence-electron chi connectivity index (χ0n) is 14.9. The van der Waals surface area contributed by atoms with Gasteiger partial charge < -0.3 is 10.1 Å². The summed E-state index contributed by atoms with van der Waals surface area (Å²) in [6, 6.07) is 20.4. The van der Waals surface area contributed by atoms with Crippen LogP contribution >= 0.6 is 12.2 Å². The van der Waals surface area contributed by atoms with Crippen molar-refractivity contribution in [3.8, 4) is 5.75 Å². The van der Waals surface area contributed by atoms with Crippen LogP contribution in [-0.4, -0.2) is 11.7 Å². The molecule has 0 saturated heterocycles. The summed E-state index contributed by atoms with van der Waals surface area (Å²) in [6.07, 6.45) is 0. The van der Waals surface area contributed by atoms with Gasteiger partial charge in [0.05, 0.1) is 5.70 Å². The Morgan fingerprint density at radius 3 is 2.43 bits per heavy atom. The minimum Gasteiger partial charge on any atom is -0.433 e. The molecule has 0 aliphatic carbocycles. The number of rotatable bonds is 7. The molecule has 0 radical (unpaired) electrons. The smallest absolute Gasteiger partial charge is 0.387 e. The minimum absolute atomic E-state index is 0.0653. The van der Waals surface area contributed by atoms with Gasteiger partial charge in [-0.1, -0.05) is 67.2 Å². The second-order valence-electron chi connectivity index (χ2n) is 5.94. The average molecular weight is 399 g/mol. The van der Waals surface area contributed by atoms with Gasteiger partial charge in [-0.15, -0.1) is 0 Å². The molecule has 0 aliphatic rings. The number of halogens is 2. The Hall–Kier alpha value is -3.19. The van der Waals surface area contributed by atoms with Crippen molar-refractivity contribution < 1.29 is 13.5 Å². The van der Waals surface area contributed by atoms with Crippen molar-refractivity contribution in [1.29, 1.82) is 0 Å². The number of thiocarbonyl (C=S) groups is 1. The number of nitrogens with one attached hydrogen (secondary N) is 3. The molecule has 0 amide bonds. The molecular formula is C21H19F2N3OS. The molecule has 4 nitrogen and oxygen atoms in total. The molecule has 0 bridgehead atoms. The number of hydrazine groups is 1. The van der Waals surface area contributed by atoms with Crippen molar-refractivity contribution >= 4 is 33.8 Å². The Balaban J connectivity index is 1.68. The average Bonchev–Trinajstić information content (AvgIpc) is 2.71. The minimum atomic E-state index is -2.95. The summed E-state index contributed by atoms with van der Waals surface area (Å²) in [6.45, 7) is 1.51. The molecular weight excluding hydrogens is 380 g/mol. The molecule has 0 spiro atoms. The molecule has 7 heteroatoms. The van der Waals surface area contributed by atoms with Gasteiger partial charge in [-0.05, 0) is 29.2 Å². The molecule has 0 aliphatic heterocycles. The van der Waals surface area contributed by atoms with Crippen LogP contribution in [0.4, 0.5) is 8.78 Å². The van der Waals surface area contributed by atoms with Crippen molar-refractivity contribution in [2.75, 3.05) is 0 Å². The quantitative estimate of drug-likeness (QED) is 0.401. The SMILES string of the molecule is C=C(NNC(=S)NCc1ccccc1)c1ccc2ccccc2c1OC(F)F. The van der Waals surface area contributed by atoms with E-state index < -0.39 is 6.61 Å². The Labute approximate surface area is 167 Å². The monoisotopic (exact) mass is 399 g/mol. The van der Waals surface area contributed by atoms with Gasteiger partial charge in [-0.3, -0.25) is 10.9 Å². The van der Waals surface area contributed by atoms with E-state index in [1.807, 2.05) is 48.5 Å². The number of benzene rings is 3. The van der Waals surface area contributed by atoms with Gasteiger partial charge in [0.25, 0.3) is 0 Å². The van der Waals surface area contributed by atoms with Crippen molar-refractivity contribution in [3.63, 3.8) is 0 Å². The highest BCUT2D eigenvalue weighted by molar-refractivity contribution is 7.80. The molecule has 0 aromatic heterocycles. The summed E-state index contributed by atoms with van der Waals surface area (Å²) in [7, 11) is 0. The van der Waals surface area contributed by atoms with Crippen LogP contribution in [0.15, 0.2) is 73.3 Å². The third kappa shape index (κ3) is 4.95. The summed E-state index contributed by atoms with van der Waals surface area (Å²) in [5.41, 5.74) is 7.49. The maximum atomic E-state index is 12.9. The molecule has 144 valence electrons. The zero-order valence-corrected chi connectivity index (χ0v) is 15.7. The predicted octanol–water partition coefficient (Wildman–Crippen LogP) is 4.58. The molecule has 0 atom stereocenters. The van der Waals surface area contributed by atoms with E-state index in [1.165, 1.54) is 0 Å². The summed E-state index contributed by atoms with van der Waals surface area (Å²) < 4.78 is 30.7. The van der Waals surface area contributed by atoms with Gasteiger partial charge in [0.15, 0.2) is 5.11 Å². The van der Waals surface area contributed by atoms with E-state index in [-0.39, 0.29) is 5.75 Å². The molecule has 3 N–H and O–H groups in total. The highest BCUT2D eigenvalue weighted by Crippen LogP contribution is 2.33. The Bertz CT molecular complexity index is 980. The maximum absolute atomic E-state index is 12.9. The van der Waals surface area contributed by atoms with E-state index in [0.717, 1.165) is 10.9 Å². The van der Waals surface area contributed by atoms with Crippen LogP contribution in [0, 0.1) is 0 Å². The molecule has 0 fully saturated rings. The first-order valence-electron chi connectivity index (χ1n) is 8.54. The lowest BCUT2D eigenvalue weighted by molar-refractivity contribution is -0.0489. The molecule has 3 aromatic carbocycles. The second kappa shape index (κ2) is 9.14. The van der Waals surface area contributed by atoms with E-state index in [4.69, 9.17) is 17.0 Å². The molecule has 3 rings (SSSR count). The van der Waals surface area contributed by atoms with Gasteiger partial charge in [0.1, 0.15) is 5.75 Å². The van der Waals surface area contributed by atoms with Crippen LogP contribution in [0.2, 0.25) is 0 Å². The number of hydrogen-bond acceptors (Lipinski definition) is 3. The fourth-order valence-corrected chi connectivity index (χ4v) is 2.84. The lowest BCUT2D eigenvalue weighted by Crippen LogP contribution is -2.42. The van der Waals surface area contributed by atoms with E-state index in [2.05, 4.69) is 22.7 Å². The Kier molecular flexibility index (Phi) is 6.39. The normalized spacial score (nSPS) is 10.5.